The predicted molar refractivity (Wildman–Crippen MR) is 91.5 cm³/mol. The van der Waals surface area contributed by atoms with Crippen molar-refractivity contribution < 1.29 is 19.1 Å². The number of rotatable bonds is 5. The first-order chi connectivity index (χ1) is 9.93. The SMILES string of the molecule is COC(=O)Cn1nc([Si](C)(C)C)c([Si](C)(C)C)c1C(=O)OC. The van der Waals surface area contributed by atoms with Gasteiger partial charge in [0.25, 0.3) is 0 Å². The van der Waals surface area contributed by atoms with Crippen LogP contribution < -0.4 is 10.5 Å². The van der Waals surface area contributed by atoms with E-state index >= 15 is 0 Å². The molecular formula is C14H26N2O4Si2. The molecule has 1 aromatic rings. The maximum atomic E-state index is 12.3. The third-order valence-corrected chi connectivity index (χ3v) is 7.29. The molecule has 0 aliphatic heterocycles. The summed E-state index contributed by atoms with van der Waals surface area (Å²) in [6.07, 6.45) is 0. The molecule has 1 aromatic heterocycles. The zero-order valence-electron chi connectivity index (χ0n) is 14.7. The Balaban J connectivity index is 3.68. The minimum atomic E-state index is -1.85. The Kier molecular flexibility index (Phi) is 5.40. The Labute approximate surface area is 133 Å². The van der Waals surface area contributed by atoms with Crippen LogP contribution in [0.25, 0.3) is 0 Å². The van der Waals surface area contributed by atoms with Crippen LogP contribution in [0.2, 0.25) is 39.3 Å². The monoisotopic (exact) mass is 342 g/mol. The number of ether oxygens (including phenoxy) is 2. The molecule has 0 N–H and O–H groups in total. The second-order valence-corrected chi connectivity index (χ2v) is 17.3. The van der Waals surface area contributed by atoms with E-state index in [0.29, 0.717) is 5.69 Å². The van der Waals surface area contributed by atoms with Crippen molar-refractivity contribution in [1.29, 1.82) is 0 Å². The van der Waals surface area contributed by atoms with Crippen LogP contribution in [-0.4, -0.2) is 52.1 Å². The lowest BCUT2D eigenvalue weighted by Crippen LogP contribution is -2.57. The van der Waals surface area contributed by atoms with Gasteiger partial charge in [-0.25, -0.2) is 9.48 Å². The van der Waals surface area contributed by atoms with Crippen molar-refractivity contribution in [2.75, 3.05) is 14.2 Å². The Morgan fingerprint density at radius 3 is 1.91 bits per heavy atom. The van der Waals surface area contributed by atoms with Crippen molar-refractivity contribution >= 4 is 38.6 Å². The fourth-order valence-electron chi connectivity index (χ4n) is 2.30. The summed E-state index contributed by atoms with van der Waals surface area (Å²) in [5.41, 5.74) is 0.407. The molecule has 0 spiro atoms. The lowest BCUT2D eigenvalue weighted by Gasteiger charge is -2.23. The molecule has 0 aliphatic rings. The molecule has 0 atom stereocenters. The van der Waals surface area contributed by atoms with Crippen molar-refractivity contribution in [3.63, 3.8) is 0 Å². The highest BCUT2D eigenvalue weighted by Crippen LogP contribution is 2.12. The van der Waals surface area contributed by atoms with Crippen molar-refractivity contribution in [1.82, 2.24) is 9.78 Å². The van der Waals surface area contributed by atoms with Crippen LogP contribution in [0.15, 0.2) is 0 Å². The van der Waals surface area contributed by atoms with Crippen LogP contribution >= 0.6 is 0 Å². The van der Waals surface area contributed by atoms with Crippen LogP contribution in [0.1, 0.15) is 10.5 Å². The average Bonchev–Trinajstić information content (AvgIpc) is 2.76. The van der Waals surface area contributed by atoms with Gasteiger partial charge in [-0.1, -0.05) is 39.3 Å². The van der Waals surface area contributed by atoms with Crippen molar-refractivity contribution in [2.45, 2.75) is 45.8 Å². The maximum absolute atomic E-state index is 12.3. The number of carbonyl (C=O) groups is 2. The third-order valence-electron chi connectivity index (χ3n) is 3.30. The quantitative estimate of drug-likeness (QED) is 0.588. The van der Waals surface area contributed by atoms with E-state index in [1.807, 2.05) is 0 Å². The lowest BCUT2D eigenvalue weighted by molar-refractivity contribution is -0.141. The van der Waals surface area contributed by atoms with E-state index in [9.17, 15) is 9.59 Å². The molecule has 1 heterocycles. The van der Waals surface area contributed by atoms with Gasteiger partial charge in [0.05, 0.1) is 22.3 Å². The van der Waals surface area contributed by atoms with Crippen LogP contribution in [0.3, 0.4) is 0 Å². The smallest absolute Gasteiger partial charge is 0.356 e. The number of aromatic nitrogens is 2. The summed E-state index contributed by atoms with van der Waals surface area (Å²) in [4.78, 5) is 24.0. The molecule has 8 heteroatoms. The Morgan fingerprint density at radius 2 is 1.55 bits per heavy atom. The molecule has 0 bridgehead atoms. The highest BCUT2D eigenvalue weighted by atomic mass is 28.3. The van der Waals surface area contributed by atoms with Crippen LogP contribution in [0.5, 0.6) is 0 Å². The highest BCUT2D eigenvalue weighted by Gasteiger charge is 2.37. The lowest BCUT2D eigenvalue weighted by atomic mass is 10.4. The van der Waals surface area contributed by atoms with E-state index in [0.717, 1.165) is 10.5 Å². The molecule has 0 saturated carbocycles. The summed E-state index contributed by atoms with van der Waals surface area (Å²) in [5, 5.41) is 6.60. The molecule has 22 heavy (non-hydrogen) atoms. The normalized spacial score (nSPS) is 12.2. The fourth-order valence-corrected chi connectivity index (χ4v) is 7.54. The van der Waals surface area contributed by atoms with Crippen molar-refractivity contribution in [3.8, 4) is 0 Å². The Bertz CT molecular complexity index is 583. The summed E-state index contributed by atoms with van der Waals surface area (Å²) in [5.74, 6) is -0.879. The van der Waals surface area contributed by atoms with Gasteiger partial charge in [-0.05, 0) is 5.19 Å². The van der Waals surface area contributed by atoms with E-state index < -0.39 is 28.1 Å². The molecule has 0 radical (unpaired) electrons. The van der Waals surface area contributed by atoms with E-state index in [-0.39, 0.29) is 6.54 Å². The average molecular weight is 343 g/mol. The zero-order chi connectivity index (χ0) is 17.3. The summed E-state index contributed by atoms with van der Waals surface area (Å²) >= 11 is 0. The number of hydrogen-bond acceptors (Lipinski definition) is 5. The number of nitrogens with zero attached hydrogens (tertiary/aromatic N) is 2. The molecule has 0 amide bonds. The van der Waals surface area contributed by atoms with Gasteiger partial charge in [-0.15, -0.1) is 0 Å². The van der Waals surface area contributed by atoms with Gasteiger partial charge in [0, 0.05) is 5.32 Å². The maximum Gasteiger partial charge on any atom is 0.356 e. The summed E-state index contributed by atoms with van der Waals surface area (Å²) in [7, 11) is -0.959. The zero-order valence-corrected chi connectivity index (χ0v) is 16.7. The number of esters is 2. The van der Waals surface area contributed by atoms with Crippen LogP contribution in [-0.2, 0) is 20.8 Å². The van der Waals surface area contributed by atoms with Gasteiger partial charge >= 0.3 is 11.9 Å². The molecule has 0 fully saturated rings. The second-order valence-electron chi connectivity index (χ2n) is 7.30. The van der Waals surface area contributed by atoms with Crippen molar-refractivity contribution in [2.24, 2.45) is 0 Å². The molecular weight excluding hydrogens is 316 g/mol. The molecule has 0 aromatic carbocycles. The molecule has 1 rings (SSSR count). The topological polar surface area (TPSA) is 70.4 Å². The molecule has 0 aliphatic carbocycles. The highest BCUT2D eigenvalue weighted by molar-refractivity contribution is 6.98. The van der Waals surface area contributed by atoms with Gasteiger partial charge < -0.3 is 9.47 Å². The molecule has 124 valence electrons. The fraction of sp³-hybridized carbons (Fsp3) is 0.643. The van der Waals surface area contributed by atoms with Crippen LogP contribution in [0.4, 0.5) is 0 Å². The van der Waals surface area contributed by atoms with Gasteiger partial charge in [0.2, 0.25) is 0 Å². The van der Waals surface area contributed by atoms with E-state index in [4.69, 9.17) is 9.47 Å². The van der Waals surface area contributed by atoms with E-state index in [2.05, 4.69) is 44.4 Å². The first-order valence-corrected chi connectivity index (χ1v) is 14.2. The summed E-state index contributed by atoms with van der Waals surface area (Å²) in [6.45, 7) is 13.0. The third kappa shape index (κ3) is 3.86. The Hall–Kier alpha value is -1.42. The summed E-state index contributed by atoms with van der Waals surface area (Å²) in [6, 6.07) is 0. The number of carbonyl (C=O) groups excluding carboxylic acids is 2. The van der Waals surface area contributed by atoms with Gasteiger partial charge in [0.15, 0.2) is 0 Å². The largest absolute Gasteiger partial charge is 0.468 e. The predicted octanol–water partition coefficient (Wildman–Crippen LogP) is 0.933. The van der Waals surface area contributed by atoms with Crippen LogP contribution in [0, 0.1) is 0 Å². The minimum absolute atomic E-state index is 0.0805. The first-order valence-electron chi connectivity index (χ1n) is 7.20. The van der Waals surface area contributed by atoms with E-state index in [1.165, 1.54) is 18.9 Å². The molecule has 0 saturated heterocycles. The molecule has 0 unspecified atom stereocenters. The standard InChI is InChI=1S/C14H26N2O4Si2/c1-19-10(17)9-16-11(14(18)20-2)12(21(3,4)5)13(15-16)22(6,7)8/h9H2,1-8H3. The minimum Gasteiger partial charge on any atom is -0.468 e. The summed E-state index contributed by atoms with van der Waals surface area (Å²) < 4.78 is 11.1. The molecule has 6 nitrogen and oxygen atoms in total. The van der Waals surface area contributed by atoms with Gasteiger partial charge in [0.1, 0.15) is 20.3 Å². The first kappa shape index (κ1) is 18.6. The van der Waals surface area contributed by atoms with Gasteiger partial charge in [-0.3, -0.25) is 4.79 Å². The van der Waals surface area contributed by atoms with Crippen molar-refractivity contribution in [3.05, 3.63) is 5.69 Å². The van der Waals surface area contributed by atoms with Gasteiger partial charge in [-0.2, -0.15) is 5.10 Å². The number of methoxy groups -OCH3 is 2. The Morgan fingerprint density at radius 1 is 1.00 bits per heavy atom. The van der Waals surface area contributed by atoms with E-state index in [1.54, 1.807) is 0 Å². The second kappa shape index (κ2) is 6.37. The number of hydrogen-bond donors (Lipinski definition) is 0.